The molecular weight excluding hydrogens is 541 g/mol. The molecule has 3 aromatic rings. The third-order valence-corrected chi connectivity index (χ3v) is 8.11. The average molecular weight is 577 g/mol. The van der Waals surface area contributed by atoms with Crippen molar-refractivity contribution in [3.8, 4) is 11.1 Å². The number of aromatic carboxylic acids is 1. The van der Waals surface area contributed by atoms with Gasteiger partial charge in [0.1, 0.15) is 0 Å². The molecule has 11 heteroatoms. The number of aromatic nitrogens is 2. The van der Waals surface area contributed by atoms with Gasteiger partial charge >= 0.3 is 12.1 Å². The smallest absolute Gasteiger partial charge is 0.452 e. The van der Waals surface area contributed by atoms with Gasteiger partial charge in [0.15, 0.2) is 0 Å². The van der Waals surface area contributed by atoms with Crippen molar-refractivity contribution in [2.45, 2.75) is 64.8 Å². The second kappa shape index (κ2) is 12.6. The molecule has 0 spiro atoms. The number of methoxy groups -OCH3 is 1. The maximum Gasteiger partial charge on any atom is 0.452 e. The van der Waals surface area contributed by atoms with E-state index in [-0.39, 0.29) is 22.8 Å². The van der Waals surface area contributed by atoms with E-state index in [9.17, 15) is 23.1 Å². The van der Waals surface area contributed by atoms with Crippen LogP contribution in [0.4, 0.5) is 29.7 Å². The van der Waals surface area contributed by atoms with Crippen molar-refractivity contribution in [1.29, 1.82) is 0 Å². The molecule has 1 aliphatic rings. The van der Waals surface area contributed by atoms with Crippen molar-refractivity contribution >= 4 is 34.0 Å². The zero-order valence-corrected chi connectivity index (χ0v) is 23.9. The normalized spacial score (nSPS) is 18.5. The molecule has 216 valence electrons. The van der Waals surface area contributed by atoms with Crippen molar-refractivity contribution in [3.05, 3.63) is 53.9 Å². The number of ether oxygens (including phenoxy) is 1. The molecule has 1 aliphatic carbocycles. The highest BCUT2D eigenvalue weighted by atomic mass is 32.1. The Morgan fingerprint density at radius 3 is 2.45 bits per heavy atom. The Bertz CT molecular complexity index is 1310. The molecule has 1 atom stereocenters. The molecular formula is C29H35F3N4O3S. The van der Waals surface area contributed by atoms with Gasteiger partial charge in [-0.3, -0.25) is 0 Å². The fourth-order valence-corrected chi connectivity index (χ4v) is 5.99. The van der Waals surface area contributed by atoms with Crippen LogP contribution in [0.5, 0.6) is 0 Å². The van der Waals surface area contributed by atoms with E-state index in [4.69, 9.17) is 4.74 Å². The summed E-state index contributed by atoms with van der Waals surface area (Å²) in [5.74, 6) is -1.44. The Morgan fingerprint density at radius 2 is 1.85 bits per heavy atom. The first-order valence-corrected chi connectivity index (χ1v) is 14.2. The molecule has 0 aliphatic heterocycles. The van der Waals surface area contributed by atoms with Gasteiger partial charge in [-0.05, 0) is 73.8 Å². The highest BCUT2D eigenvalue weighted by Gasteiger charge is 2.36. The summed E-state index contributed by atoms with van der Waals surface area (Å²) in [6, 6.07) is 12.5. The van der Waals surface area contributed by atoms with Crippen molar-refractivity contribution in [2.75, 3.05) is 23.9 Å². The van der Waals surface area contributed by atoms with E-state index in [1.54, 1.807) is 31.4 Å². The SMILES string of the molecule is COC(C)C1CCC(N(CC(C)C)c2ccc(-c3ccccc3C(=O)O)cc2Nc2nc(C(F)(F)F)ns2)CC1. The highest BCUT2D eigenvalue weighted by molar-refractivity contribution is 7.09. The summed E-state index contributed by atoms with van der Waals surface area (Å²) in [5, 5.41) is 12.8. The number of carboxylic acids is 1. The minimum atomic E-state index is -4.65. The summed E-state index contributed by atoms with van der Waals surface area (Å²) >= 11 is 0.638. The lowest BCUT2D eigenvalue weighted by molar-refractivity contribution is -0.144. The van der Waals surface area contributed by atoms with Crippen LogP contribution in [-0.4, -0.2) is 46.2 Å². The topological polar surface area (TPSA) is 87.6 Å². The predicted octanol–water partition coefficient (Wildman–Crippen LogP) is 7.72. The molecule has 1 unspecified atom stereocenters. The van der Waals surface area contributed by atoms with Crippen molar-refractivity contribution in [1.82, 2.24) is 9.36 Å². The summed E-state index contributed by atoms with van der Waals surface area (Å²) in [7, 11) is 1.74. The van der Waals surface area contributed by atoms with E-state index in [1.807, 2.05) is 12.1 Å². The zero-order chi connectivity index (χ0) is 29.0. The largest absolute Gasteiger partial charge is 0.478 e. The number of alkyl halides is 3. The molecule has 7 nitrogen and oxygen atoms in total. The van der Waals surface area contributed by atoms with Gasteiger partial charge in [0.25, 0.3) is 0 Å². The molecule has 4 rings (SSSR count). The standard InChI is InChI=1S/C29H35F3N4O3S/c1-17(2)16-36(21-12-9-19(10-13-21)18(3)39-4)25-14-11-20(22-7-5-6-8-23(22)26(37)38)15-24(25)33-28-34-27(35-40-28)29(30,31)32/h5-8,11,14-15,17-19,21H,9-10,12-13,16H2,1-4H3,(H,37,38)(H,33,34,35). The van der Waals surface area contributed by atoms with Gasteiger partial charge in [0.2, 0.25) is 11.0 Å². The van der Waals surface area contributed by atoms with E-state index in [0.717, 1.165) is 37.9 Å². The van der Waals surface area contributed by atoms with Gasteiger partial charge in [-0.1, -0.05) is 38.1 Å². The molecule has 1 saturated carbocycles. The second-order valence-electron chi connectivity index (χ2n) is 10.7. The number of hydrogen-bond donors (Lipinski definition) is 2. The van der Waals surface area contributed by atoms with Crippen LogP contribution in [0.2, 0.25) is 0 Å². The van der Waals surface area contributed by atoms with Gasteiger partial charge in [-0.15, -0.1) is 0 Å². The number of rotatable bonds is 10. The average Bonchev–Trinajstić information content (AvgIpc) is 3.41. The van der Waals surface area contributed by atoms with E-state index in [0.29, 0.717) is 40.2 Å². The van der Waals surface area contributed by atoms with Crippen LogP contribution in [0.15, 0.2) is 42.5 Å². The maximum absolute atomic E-state index is 13.2. The first kappa shape index (κ1) is 29.8. The molecule has 2 aromatic carbocycles. The lowest BCUT2D eigenvalue weighted by Gasteiger charge is -2.41. The van der Waals surface area contributed by atoms with E-state index < -0.39 is 18.0 Å². The molecule has 1 fully saturated rings. The van der Waals surface area contributed by atoms with Crippen LogP contribution in [0.25, 0.3) is 11.1 Å². The molecule has 40 heavy (non-hydrogen) atoms. The molecule has 0 radical (unpaired) electrons. The summed E-state index contributed by atoms with van der Waals surface area (Å²) in [5.41, 5.74) is 2.67. The van der Waals surface area contributed by atoms with Crippen LogP contribution in [-0.2, 0) is 10.9 Å². The van der Waals surface area contributed by atoms with E-state index in [1.165, 1.54) is 6.07 Å². The van der Waals surface area contributed by atoms with Gasteiger partial charge in [-0.2, -0.15) is 22.5 Å². The predicted molar refractivity (Wildman–Crippen MR) is 151 cm³/mol. The van der Waals surface area contributed by atoms with Gasteiger partial charge < -0.3 is 20.1 Å². The fraction of sp³-hybridized carbons (Fsp3) is 0.483. The van der Waals surface area contributed by atoms with Crippen molar-refractivity contribution in [2.24, 2.45) is 11.8 Å². The number of nitrogens with one attached hydrogen (secondary N) is 1. The summed E-state index contributed by atoms with van der Waals surface area (Å²) in [6.45, 7) is 7.12. The van der Waals surface area contributed by atoms with Gasteiger partial charge in [-0.25, -0.2) is 4.79 Å². The van der Waals surface area contributed by atoms with Crippen molar-refractivity contribution in [3.63, 3.8) is 0 Å². The van der Waals surface area contributed by atoms with Crippen LogP contribution < -0.4 is 10.2 Å². The molecule has 1 aromatic heterocycles. The summed E-state index contributed by atoms with van der Waals surface area (Å²) < 4.78 is 48.8. The Balaban J connectivity index is 1.76. The molecule has 0 saturated heterocycles. The van der Waals surface area contributed by atoms with Crippen LogP contribution in [0.1, 0.15) is 62.6 Å². The van der Waals surface area contributed by atoms with Crippen LogP contribution in [0.3, 0.4) is 0 Å². The molecule has 0 bridgehead atoms. The Morgan fingerprint density at radius 1 is 1.15 bits per heavy atom. The van der Waals surface area contributed by atoms with Crippen LogP contribution in [0, 0.1) is 11.8 Å². The minimum Gasteiger partial charge on any atom is -0.478 e. The van der Waals surface area contributed by atoms with Gasteiger partial charge in [0.05, 0.1) is 23.0 Å². The number of hydrogen-bond acceptors (Lipinski definition) is 7. The zero-order valence-electron chi connectivity index (χ0n) is 23.0. The number of anilines is 3. The minimum absolute atomic E-state index is 0.0133. The first-order valence-electron chi connectivity index (χ1n) is 13.4. The Hall–Kier alpha value is -3.18. The quantitative estimate of drug-likeness (QED) is 0.255. The first-order chi connectivity index (χ1) is 19.0. The number of carboxylic acid groups (broad SMARTS) is 1. The number of benzene rings is 2. The van der Waals surface area contributed by atoms with Crippen molar-refractivity contribution < 1.29 is 27.8 Å². The van der Waals surface area contributed by atoms with Gasteiger partial charge in [0, 0.05) is 31.2 Å². The monoisotopic (exact) mass is 576 g/mol. The number of carbonyl (C=O) groups is 1. The Kier molecular flexibility index (Phi) is 9.35. The second-order valence-corrected chi connectivity index (χ2v) is 11.4. The van der Waals surface area contributed by atoms with Crippen LogP contribution >= 0.6 is 11.5 Å². The van der Waals surface area contributed by atoms with E-state index in [2.05, 4.69) is 40.3 Å². The number of nitrogens with zero attached hydrogens (tertiary/aromatic N) is 3. The molecule has 0 amide bonds. The third-order valence-electron chi connectivity index (χ3n) is 7.48. The lowest BCUT2D eigenvalue weighted by atomic mass is 9.82. The molecule has 2 N–H and O–H groups in total. The lowest BCUT2D eigenvalue weighted by Crippen LogP contribution is -2.42. The highest BCUT2D eigenvalue weighted by Crippen LogP contribution is 2.40. The van der Waals surface area contributed by atoms with E-state index >= 15 is 0 Å². The summed E-state index contributed by atoms with van der Waals surface area (Å²) in [6.07, 6.45) is -0.496. The summed E-state index contributed by atoms with van der Waals surface area (Å²) in [4.78, 5) is 17.9. The third kappa shape index (κ3) is 6.93. The Labute approximate surface area is 236 Å². The molecule has 1 heterocycles. The maximum atomic E-state index is 13.2. The number of halogens is 3. The fourth-order valence-electron chi connectivity index (χ4n) is 5.39.